The molecule has 2 unspecified atom stereocenters. The van der Waals surface area contributed by atoms with E-state index in [2.05, 4.69) is 13.8 Å². The Hall–Kier alpha value is -0.120. The van der Waals surface area contributed by atoms with Gasteiger partial charge in [0.15, 0.2) is 0 Å². The molecule has 0 aromatic carbocycles. The lowest BCUT2D eigenvalue weighted by Gasteiger charge is -2.46. The fourth-order valence-electron chi connectivity index (χ4n) is 3.20. The average molecular weight is 242 g/mol. The molecule has 2 fully saturated rings. The largest absolute Gasteiger partial charge is 0.390 e. The summed E-state index contributed by atoms with van der Waals surface area (Å²) >= 11 is 0. The van der Waals surface area contributed by atoms with E-state index in [1.807, 2.05) is 0 Å². The zero-order valence-corrected chi connectivity index (χ0v) is 11.4. The van der Waals surface area contributed by atoms with Gasteiger partial charge in [-0.15, -0.1) is 0 Å². The summed E-state index contributed by atoms with van der Waals surface area (Å²) in [6.07, 6.45) is 4.79. The van der Waals surface area contributed by atoms with E-state index in [1.165, 1.54) is 0 Å². The molecular weight excluding hydrogens is 216 g/mol. The maximum absolute atomic E-state index is 10.6. The number of rotatable bonds is 3. The smallest absolute Gasteiger partial charge is 0.0940 e. The van der Waals surface area contributed by atoms with Gasteiger partial charge in [-0.3, -0.25) is 0 Å². The number of hydrogen-bond donors (Lipinski definition) is 1. The van der Waals surface area contributed by atoms with Gasteiger partial charge in [0.1, 0.15) is 0 Å². The van der Waals surface area contributed by atoms with Gasteiger partial charge in [0.05, 0.1) is 18.3 Å². The first-order valence-electron chi connectivity index (χ1n) is 6.80. The van der Waals surface area contributed by atoms with Crippen LogP contribution in [0.15, 0.2) is 0 Å². The molecule has 3 nitrogen and oxygen atoms in total. The lowest BCUT2D eigenvalue weighted by molar-refractivity contribution is -0.153. The lowest BCUT2D eigenvalue weighted by atomic mass is 9.67. The third kappa shape index (κ3) is 2.67. The second-order valence-corrected chi connectivity index (χ2v) is 6.50. The molecule has 1 saturated heterocycles. The molecule has 0 amide bonds. The minimum absolute atomic E-state index is 0.260. The Bertz CT molecular complexity index is 246. The summed E-state index contributed by atoms with van der Waals surface area (Å²) in [5.41, 5.74) is 0.0712. The summed E-state index contributed by atoms with van der Waals surface area (Å²) < 4.78 is 11.1. The van der Waals surface area contributed by atoms with Gasteiger partial charge < -0.3 is 14.6 Å². The van der Waals surface area contributed by atoms with Crippen LogP contribution in [0.2, 0.25) is 0 Å². The summed E-state index contributed by atoms with van der Waals surface area (Å²) in [7, 11) is 1.75. The molecule has 0 bridgehead atoms. The molecule has 0 spiro atoms. The Labute approximate surface area is 104 Å². The normalized spacial score (nSPS) is 33.5. The maximum atomic E-state index is 10.6. The molecule has 1 saturated carbocycles. The van der Waals surface area contributed by atoms with Crippen LogP contribution in [0.5, 0.6) is 0 Å². The van der Waals surface area contributed by atoms with E-state index >= 15 is 0 Å². The van der Waals surface area contributed by atoms with Crippen molar-refractivity contribution in [2.75, 3.05) is 20.3 Å². The first kappa shape index (κ1) is 13.3. The van der Waals surface area contributed by atoms with E-state index in [4.69, 9.17) is 9.47 Å². The van der Waals surface area contributed by atoms with Crippen LogP contribution in [-0.4, -0.2) is 37.1 Å². The van der Waals surface area contributed by atoms with Crippen molar-refractivity contribution in [2.24, 2.45) is 11.3 Å². The predicted octanol–water partition coefficient (Wildman–Crippen LogP) is 2.37. The van der Waals surface area contributed by atoms with Crippen molar-refractivity contribution in [2.45, 2.75) is 57.7 Å². The fourth-order valence-corrected chi connectivity index (χ4v) is 3.20. The lowest BCUT2D eigenvalue weighted by Crippen LogP contribution is -2.51. The standard InChI is InChI=1S/C14H26O3/c1-13(2)5-7-14(16-3,8-6-13)12(15)11-4-9-17-10-11/h11-12,15H,4-10H2,1-3H3. The van der Waals surface area contributed by atoms with Crippen LogP contribution in [0.25, 0.3) is 0 Å². The number of aliphatic hydroxyl groups is 1. The fraction of sp³-hybridized carbons (Fsp3) is 1.00. The Morgan fingerprint density at radius 3 is 2.35 bits per heavy atom. The van der Waals surface area contributed by atoms with Gasteiger partial charge in [-0.05, 0) is 37.5 Å². The first-order valence-corrected chi connectivity index (χ1v) is 6.80. The van der Waals surface area contributed by atoms with Crippen LogP contribution in [0.3, 0.4) is 0 Å². The van der Waals surface area contributed by atoms with Crippen LogP contribution in [-0.2, 0) is 9.47 Å². The zero-order chi connectivity index (χ0) is 12.5. The topological polar surface area (TPSA) is 38.7 Å². The van der Waals surface area contributed by atoms with Crippen LogP contribution >= 0.6 is 0 Å². The molecular formula is C14H26O3. The minimum atomic E-state index is -0.369. The third-order valence-corrected chi connectivity index (χ3v) is 4.81. The molecule has 100 valence electrons. The van der Waals surface area contributed by atoms with Gasteiger partial charge in [-0.1, -0.05) is 13.8 Å². The molecule has 2 atom stereocenters. The number of methoxy groups -OCH3 is 1. The van der Waals surface area contributed by atoms with Crippen molar-refractivity contribution in [1.29, 1.82) is 0 Å². The van der Waals surface area contributed by atoms with Gasteiger partial charge in [0.2, 0.25) is 0 Å². The van der Waals surface area contributed by atoms with Gasteiger partial charge in [-0.2, -0.15) is 0 Å². The summed E-state index contributed by atoms with van der Waals surface area (Å²) in [6.45, 7) is 6.08. The molecule has 0 aromatic heterocycles. The van der Waals surface area contributed by atoms with Crippen molar-refractivity contribution in [3.05, 3.63) is 0 Å². The highest BCUT2D eigenvalue weighted by molar-refractivity contribution is 4.98. The van der Waals surface area contributed by atoms with Crippen molar-refractivity contribution in [1.82, 2.24) is 0 Å². The molecule has 17 heavy (non-hydrogen) atoms. The Morgan fingerprint density at radius 2 is 1.88 bits per heavy atom. The molecule has 1 N–H and O–H groups in total. The monoisotopic (exact) mass is 242 g/mol. The number of ether oxygens (including phenoxy) is 2. The molecule has 3 heteroatoms. The number of aliphatic hydroxyl groups excluding tert-OH is 1. The predicted molar refractivity (Wildman–Crippen MR) is 66.9 cm³/mol. The van der Waals surface area contributed by atoms with Crippen molar-refractivity contribution in [3.8, 4) is 0 Å². The second kappa shape index (κ2) is 4.87. The van der Waals surface area contributed by atoms with E-state index in [-0.39, 0.29) is 17.6 Å². The van der Waals surface area contributed by atoms with Crippen LogP contribution in [0, 0.1) is 11.3 Å². The minimum Gasteiger partial charge on any atom is -0.390 e. The molecule has 1 heterocycles. The van der Waals surface area contributed by atoms with E-state index < -0.39 is 0 Å². The van der Waals surface area contributed by atoms with Gasteiger partial charge >= 0.3 is 0 Å². The quantitative estimate of drug-likeness (QED) is 0.825. The van der Waals surface area contributed by atoms with Crippen LogP contribution in [0.1, 0.15) is 46.0 Å². The number of hydrogen-bond acceptors (Lipinski definition) is 3. The van der Waals surface area contributed by atoms with E-state index in [1.54, 1.807) is 7.11 Å². The summed E-state index contributed by atoms with van der Waals surface area (Å²) in [5, 5.41) is 10.6. The summed E-state index contributed by atoms with van der Waals surface area (Å²) in [6, 6.07) is 0. The maximum Gasteiger partial charge on any atom is 0.0940 e. The van der Waals surface area contributed by atoms with Crippen molar-refractivity contribution < 1.29 is 14.6 Å². The van der Waals surface area contributed by atoms with Gasteiger partial charge in [-0.25, -0.2) is 0 Å². The molecule has 2 aliphatic rings. The second-order valence-electron chi connectivity index (χ2n) is 6.50. The molecule has 1 aliphatic carbocycles. The van der Waals surface area contributed by atoms with Crippen LogP contribution < -0.4 is 0 Å². The Balaban J connectivity index is 2.04. The average Bonchev–Trinajstić information content (AvgIpc) is 2.82. The van der Waals surface area contributed by atoms with E-state index in [9.17, 15) is 5.11 Å². The highest BCUT2D eigenvalue weighted by Crippen LogP contribution is 2.45. The van der Waals surface area contributed by atoms with E-state index in [0.717, 1.165) is 38.7 Å². The summed E-state index contributed by atoms with van der Waals surface area (Å²) in [5.74, 6) is 0.260. The van der Waals surface area contributed by atoms with Gasteiger partial charge in [0.25, 0.3) is 0 Å². The SMILES string of the molecule is COC1(C(O)C2CCOC2)CCC(C)(C)CC1. The molecule has 0 aromatic rings. The van der Waals surface area contributed by atoms with Crippen molar-refractivity contribution >= 4 is 0 Å². The van der Waals surface area contributed by atoms with Crippen LogP contribution in [0.4, 0.5) is 0 Å². The molecule has 0 radical (unpaired) electrons. The molecule has 1 aliphatic heterocycles. The highest BCUT2D eigenvalue weighted by Gasteiger charge is 2.47. The van der Waals surface area contributed by atoms with Crippen molar-refractivity contribution in [3.63, 3.8) is 0 Å². The highest BCUT2D eigenvalue weighted by atomic mass is 16.5. The van der Waals surface area contributed by atoms with E-state index in [0.29, 0.717) is 12.0 Å². The Kier molecular flexibility index (Phi) is 3.81. The zero-order valence-electron chi connectivity index (χ0n) is 11.4. The summed E-state index contributed by atoms with van der Waals surface area (Å²) in [4.78, 5) is 0. The first-order chi connectivity index (χ1) is 7.99. The Morgan fingerprint density at radius 1 is 1.24 bits per heavy atom. The van der Waals surface area contributed by atoms with Gasteiger partial charge in [0, 0.05) is 19.6 Å². The third-order valence-electron chi connectivity index (χ3n) is 4.81. The molecule has 2 rings (SSSR count).